The number of unbranched alkanes of at least 4 members (excludes halogenated alkanes) is 1. The van der Waals surface area contributed by atoms with Gasteiger partial charge in [-0.1, -0.05) is 47.8 Å². The summed E-state index contributed by atoms with van der Waals surface area (Å²) >= 11 is 5.67. The van der Waals surface area contributed by atoms with Gasteiger partial charge in [-0.05, 0) is 59.5 Å². The van der Waals surface area contributed by atoms with E-state index in [-0.39, 0.29) is 33.7 Å². The Balaban J connectivity index is -0.0000000966. The molecule has 8 heteroatoms. The quantitative estimate of drug-likeness (QED) is 0.375. The van der Waals surface area contributed by atoms with E-state index in [0.717, 1.165) is 23.5 Å². The number of H-pyrrole nitrogens is 1. The molecule has 174 valence electrons. The molecule has 0 aliphatic rings. The molecule has 0 atom stereocenters. The SMILES string of the molecule is C.C.C[Si](C)(C)Cl.Cc1cc(C)[nH]n1.Cc1cc(C)n([Si](C)(C)C)n1.[CH2-]CCC.[Li+]. The summed E-state index contributed by atoms with van der Waals surface area (Å²) in [6.07, 6.45) is 2.28. The summed E-state index contributed by atoms with van der Waals surface area (Å²) in [7, 11) is -2.39. The number of hydrogen-bond donors (Lipinski definition) is 1. The normalized spacial score (nSPS) is 9.63. The largest absolute Gasteiger partial charge is 1.00 e. The van der Waals surface area contributed by atoms with Crippen molar-refractivity contribution in [2.75, 3.05) is 0 Å². The Kier molecular flexibility index (Phi) is 26.0. The van der Waals surface area contributed by atoms with E-state index >= 15 is 0 Å². The fourth-order valence-electron chi connectivity index (χ4n) is 1.86. The summed E-state index contributed by atoms with van der Waals surface area (Å²) in [5.41, 5.74) is 4.60. The summed E-state index contributed by atoms with van der Waals surface area (Å²) in [5.74, 6) is 0. The second-order valence-corrected chi connectivity index (χ2v) is 20.9. The zero-order valence-corrected chi connectivity index (χ0v) is 23.3. The number of nitrogens with zero attached hydrogens (tertiary/aromatic N) is 3. The van der Waals surface area contributed by atoms with Crippen LogP contribution in [-0.4, -0.2) is 35.3 Å². The van der Waals surface area contributed by atoms with E-state index in [9.17, 15) is 0 Å². The van der Waals surface area contributed by atoms with Crippen molar-refractivity contribution in [2.24, 2.45) is 0 Å². The summed E-state index contributed by atoms with van der Waals surface area (Å²) in [6, 6.07) is 4.14. The Morgan fingerprint density at radius 3 is 1.47 bits per heavy atom. The Morgan fingerprint density at radius 1 is 0.967 bits per heavy atom. The molecule has 2 rings (SSSR count). The molecule has 0 bridgehead atoms. The van der Waals surface area contributed by atoms with E-state index < -0.39 is 15.6 Å². The van der Waals surface area contributed by atoms with E-state index in [0.29, 0.717) is 0 Å². The van der Waals surface area contributed by atoms with Crippen molar-refractivity contribution in [3.05, 3.63) is 41.8 Å². The maximum atomic E-state index is 5.67. The first kappa shape index (κ1) is 40.1. The van der Waals surface area contributed by atoms with Gasteiger partial charge >= 0.3 is 18.9 Å². The van der Waals surface area contributed by atoms with Crippen molar-refractivity contribution in [1.29, 1.82) is 0 Å². The molecule has 30 heavy (non-hydrogen) atoms. The molecule has 0 radical (unpaired) electrons. The molecule has 0 unspecified atom stereocenters. The van der Waals surface area contributed by atoms with Gasteiger partial charge in [0.2, 0.25) is 0 Å². The number of hydrogen-bond acceptors (Lipinski definition) is 2. The van der Waals surface area contributed by atoms with E-state index in [1.807, 2.05) is 26.8 Å². The molecule has 0 aliphatic carbocycles. The number of aromatic amines is 1. The van der Waals surface area contributed by atoms with Gasteiger partial charge in [0.15, 0.2) is 8.24 Å². The number of halogens is 1. The molecule has 2 heterocycles. The molecule has 2 aromatic rings. The average Bonchev–Trinajstić information content (AvgIpc) is 3.02. The van der Waals surface area contributed by atoms with Gasteiger partial charge in [0, 0.05) is 11.4 Å². The summed E-state index contributed by atoms with van der Waals surface area (Å²) in [4.78, 5) is 0. The van der Waals surface area contributed by atoms with Crippen LogP contribution in [0.3, 0.4) is 0 Å². The number of aryl methyl sites for hydroxylation is 4. The minimum atomic E-state index is -1.25. The van der Waals surface area contributed by atoms with Crippen molar-refractivity contribution in [3.8, 4) is 0 Å². The average molecular weight is 469 g/mol. The van der Waals surface area contributed by atoms with Gasteiger partial charge < -0.3 is 6.92 Å². The third kappa shape index (κ3) is 25.8. The molecule has 0 spiro atoms. The van der Waals surface area contributed by atoms with Crippen LogP contribution in [0, 0.1) is 34.6 Å². The summed E-state index contributed by atoms with van der Waals surface area (Å²) < 4.78 is 2.20. The molecular formula is C22H50ClLiN4Si2. The zero-order valence-electron chi connectivity index (χ0n) is 20.5. The minimum absolute atomic E-state index is 0. The van der Waals surface area contributed by atoms with Gasteiger partial charge in [-0.2, -0.15) is 27.7 Å². The Morgan fingerprint density at radius 2 is 1.37 bits per heavy atom. The number of aromatic nitrogens is 4. The summed E-state index contributed by atoms with van der Waals surface area (Å²) in [5, 5.41) is 11.2. The van der Waals surface area contributed by atoms with Crippen LogP contribution in [-0.2, 0) is 0 Å². The molecule has 0 amide bonds. The van der Waals surface area contributed by atoms with Gasteiger partial charge in [-0.15, -0.1) is 0 Å². The van der Waals surface area contributed by atoms with Crippen molar-refractivity contribution in [1.82, 2.24) is 19.6 Å². The number of rotatable bonds is 2. The maximum Gasteiger partial charge on any atom is 1.00 e. The van der Waals surface area contributed by atoms with Crippen LogP contribution in [0.25, 0.3) is 0 Å². The van der Waals surface area contributed by atoms with E-state index in [2.05, 4.69) is 85.8 Å². The molecule has 0 aliphatic heterocycles. The van der Waals surface area contributed by atoms with Crippen molar-refractivity contribution in [2.45, 2.75) is 102 Å². The molecule has 0 saturated carbocycles. The first-order chi connectivity index (χ1) is 12.1. The topological polar surface area (TPSA) is 46.5 Å². The second kappa shape index (κ2) is 19.4. The fraction of sp³-hybridized carbons (Fsp3) is 0.682. The standard InChI is InChI=1S/C8H16N2Si.C5H8N2.C4H9.C3H9ClSi.2CH4.Li/c1-7-6-8(2)10(9-7)11(3,4)5;1-4-3-5(2)7-6-4;1-3-4-2;1-5(2,3)4;;;/h6H,1-5H3;3H,1-2H3,(H,6,7);1,3-4H2,2H3;1-3H3;2*1H4;/q;;-1;;;;+1. The van der Waals surface area contributed by atoms with Crippen LogP contribution >= 0.6 is 11.1 Å². The van der Waals surface area contributed by atoms with E-state index in [4.69, 9.17) is 11.1 Å². The molecule has 0 saturated heterocycles. The van der Waals surface area contributed by atoms with Crippen LogP contribution in [0.5, 0.6) is 0 Å². The van der Waals surface area contributed by atoms with Crippen LogP contribution in [0.15, 0.2) is 12.1 Å². The monoisotopic (exact) mass is 468 g/mol. The van der Waals surface area contributed by atoms with Crippen LogP contribution in [0.1, 0.15) is 57.4 Å². The third-order valence-corrected chi connectivity index (χ3v) is 4.56. The molecule has 2 aromatic heterocycles. The predicted octanol–water partition coefficient (Wildman–Crippen LogP) is 5.17. The number of nitrogens with one attached hydrogen (secondary N) is 1. The Bertz CT molecular complexity index is 605. The van der Waals surface area contributed by atoms with Gasteiger partial charge in [0.05, 0.1) is 11.4 Å². The smallest absolute Gasteiger partial charge is 0.343 e. The predicted molar refractivity (Wildman–Crippen MR) is 141 cm³/mol. The molecule has 1 N–H and O–H groups in total. The molecule has 4 nitrogen and oxygen atoms in total. The molecule has 0 aromatic carbocycles. The first-order valence-electron chi connectivity index (χ1n) is 9.62. The van der Waals surface area contributed by atoms with Gasteiger partial charge in [0.25, 0.3) is 0 Å². The van der Waals surface area contributed by atoms with Gasteiger partial charge in [-0.3, -0.25) is 9.45 Å². The van der Waals surface area contributed by atoms with Crippen molar-refractivity contribution >= 4 is 26.7 Å². The Labute approximate surface area is 208 Å². The second-order valence-electron chi connectivity index (χ2n) is 8.62. The Hall–Kier alpha value is -0.259. The molecular weight excluding hydrogens is 419 g/mol. The van der Waals surface area contributed by atoms with E-state index in [1.165, 1.54) is 12.1 Å². The molecule has 0 fully saturated rings. The van der Waals surface area contributed by atoms with Gasteiger partial charge in [0.1, 0.15) is 7.38 Å². The van der Waals surface area contributed by atoms with Crippen molar-refractivity contribution < 1.29 is 18.9 Å². The van der Waals surface area contributed by atoms with Crippen molar-refractivity contribution in [3.63, 3.8) is 0 Å². The van der Waals surface area contributed by atoms with Crippen LogP contribution in [0.2, 0.25) is 39.3 Å². The van der Waals surface area contributed by atoms with Gasteiger partial charge in [-0.25, -0.2) is 0 Å². The van der Waals surface area contributed by atoms with E-state index in [1.54, 1.807) is 0 Å². The van der Waals surface area contributed by atoms with Crippen LogP contribution < -0.4 is 18.9 Å². The fourth-order valence-corrected chi connectivity index (χ4v) is 3.44. The van der Waals surface area contributed by atoms with Crippen LogP contribution in [0.4, 0.5) is 0 Å². The minimum Gasteiger partial charge on any atom is -0.343 e. The zero-order chi connectivity index (χ0) is 21.8. The summed E-state index contributed by atoms with van der Waals surface area (Å²) in [6.45, 7) is 27.0. The maximum absolute atomic E-state index is 5.67. The third-order valence-electron chi connectivity index (χ3n) is 2.83. The first-order valence-corrected chi connectivity index (χ1v) is 17.6.